The Labute approximate surface area is 207 Å². The summed E-state index contributed by atoms with van der Waals surface area (Å²) in [4.78, 5) is 39.1. The van der Waals surface area contributed by atoms with E-state index in [1.54, 1.807) is 42.5 Å². The third kappa shape index (κ3) is 5.91. The van der Waals surface area contributed by atoms with Crippen molar-refractivity contribution in [3.8, 4) is 17.2 Å². The van der Waals surface area contributed by atoms with Gasteiger partial charge in [-0.3, -0.25) is 14.5 Å². The number of hydrogen-bond acceptors (Lipinski definition) is 7. The molecule has 1 fully saturated rings. The molecule has 8 heteroatoms. The molecule has 0 aromatic heterocycles. The van der Waals surface area contributed by atoms with Gasteiger partial charge in [-0.25, -0.2) is 4.79 Å². The molecular formula is C27H23NO6S. The van der Waals surface area contributed by atoms with E-state index < -0.39 is 5.97 Å². The van der Waals surface area contributed by atoms with E-state index in [2.05, 4.69) is 0 Å². The maximum absolute atomic E-state index is 12.8. The van der Waals surface area contributed by atoms with Crippen LogP contribution in [-0.4, -0.2) is 42.3 Å². The molecule has 0 spiro atoms. The largest absolute Gasteiger partial charge is 0.493 e. The topological polar surface area (TPSA) is 82.1 Å². The lowest BCUT2D eigenvalue weighted by Gasteiger charge is -2.13. The predicted molar refractivity (Wildman–Crippen MR) is 134 cm³/mol. The molecule has 1 heterocycles. The van der Waals surface area contributed by atoms with Crippen LogP contribution in [0.5, 0.6) is 17.2 Å². The van der Waals surface area contributed by atoms with Crippen LogP contribution in [0.4, 0.5) is 4.79 Å². The molecule has 2 amide bonds. The van der Waals surface area contributed by atoms with Crippen molar-refractivity contribution in [3.05, 3.63) is 94.4 Å². The Morgan fingerprint density at radius 1 is 0.971 bits per heavy atom. The minimum absolute atomic E-state index is 0.147. The number of aryl methyl sites for hydroxylation is 1. The highest BCUT2D eigenvalue weighted by atomic mass is 32.2. The van der Waals surface area contributed by atoms with Crippen molar-refractivity contribution in [2.45, 2.75) is 6.92 Å². The second-order valence-corrected chi connectivity index (χ2v) is 8.66. The molecule has 0 bridgehead atoms. The van der Waals surface area contributed by atoms with Crippen LogP contribution in [0.3, 0.4) is 0 Å². The first-order valence-corrected chi connectivity index (χ1v) is 11.7. The number of hydrogen-bond donors (Lipinski definition) is 0. The number of carbonyl (C=O) groups excluding carboxylic acids is 3. The van der Waals surface area contributed by atoms with Gasteiger partial charge >= 0.3 is 5.97 Å². The van der Waals surface area contributed by atoms with E-state index >= 15 is 0 Å². The fourth-order valence-corrected chi connectivity index (χ4v) is 4.27. The Morgan fingerprint density at radius 2 is 1.77 bits per heavy atom. The van der Waals surface area contributed by atoms with Gasteiger partial charge in [0.1, 0.15) is 12.4 Å². The summed E-state index contributed by atoms with van der Waals surface area (Å²) in [5.74, 6) is 0.368. The van der Waals surface area contributed by atoms with Gasteiger partial charge in [-0.1, -0.05) is 42.0 Å². The molecule has 7 nitrogen and oxygen atoms in total. The molecule has 3 aromatic carbocycles. The monoisotopic (exact) mass is 489 g/mol. The third-order valence-electron chi connectivity index (χ3n) is 5.14. The molecule has 35 heavy (non-hydrogen) atoms. The van der Waals surface area contributed by atoms with Gasteiger partial charge in [0.05, 0.1) is 24.1 Å². The van der Waals surface area contributed by atoms with Crippen LogP contribution in [0.25, 0.3) is 6.08 Å². The van der Waals surface area contributed by atoms with Gasteiger partial charge in [-0.15, -0.1) is 0 Å². The number of amides is 2. The normalized spacial score (nSPS) is 14.3. The number of rotatable bonds is 8. The van der Waals surface area contributed by atoms with Crippen LogP contribution in [0.15, 0.2) is 77.7 Å². The van der Waals surface area contributed by atoms with E-state index in [4.69, 9.17) is 14.2 Å². The van der Waals surface area contributed by atoms with Crippen molar-refractivity contribution >= 4 is 35.0 Å². The number of benzene rings is 3. The average molecular weight is 490 g/mol. The number of methoxy groups -OCH3 is 1. The van der Waals surface area contributed by atoms with Gasteiger partial charge in [0, 0.05) is 0 Å². The van der Waals surface area contributed by atoms with E-state index in [-0.39, 0.29) is 30.0 Å². The highest BCUT2D eigenvalue weighted by Gasteiger charge is 2.34. The maximum atomic E-state index is 12.8. The predicted octanol–water partition coefficient (Wildman–Crippen LogP) is 5.34. The second kappa shape index (κ2) is 10.9. The molecule has 3 aromatic rings. The summed E-state index contributed by atoms with van der Waals surface area (Å²) < 4.78 is 16.5. The van der Waals surface area contributed by atoms with Gasteiger partial charge < -0.3 is 14.2 Å². The minimum atomic E-state index is -0.501. The number of thioether (sulfide) groups is 1. The van der Waals surface area contributed by atoms with Gasteiger partial charge in [0.15, 0.2) is 11.5 Å². The summed E-state index contributed by atoms with van der Waals surface area (Å²) in [6.45, 7) is 2.24. The quantitative estimate of drug-likeness (QED) is 0.240. The lowest BCUT2D eigenvalue weighted by atomic mass is 10.1. The maximum Gasteiger partial charge on any atom is 0.343 e. The molecule has 178 valence electrons. The molecule has 1 aliphatic heterocycles. The molecule has 0 saturated carbocycles. The summed E-state index contributed by atoms with van der Waals surface area (Å²) in [5.41, 5.74) is 2.01. The first kappa shape index (κ1) is 24.1. The molecule has 4 rings (SSSR count). The molecule has 1 saturated heterocycles. The number of esters is 1. The van der Waals surface area contributed by atoms with Crippen molar-refractivity contribution in [1.29, 1.82) is 0 Å². The Kier molecular flexibility index (Phi) is 7.52. The van der Waals surface area contributed by atoms with Crippen LogP contribution >= 0.6 is 11.8 Å². The van der Waals surface area contributed by atoms with Crippen molar-refractivity contribution in [2.75, 3.05) is 20.3 Å². The number of carbonyl (C=O) groups is 3. The molecular weight excluding hydrogens is 466 g/mol. The summed E-state index contributed by atoms with van der Waals surface area (Å²) in [7, 11) is 1.46. The Balaban J connectivity index is 1.43. The summed E-state index contributed by atoms with van der Waals surface area (Å²) >= 11 is 0.867. The van der Waals surface area contributed by atoms with Gasteiger partial charge in [0.25, 0.3) is 11.1 Å². The highest BCUT2D eigenvalue weighted by molar-refractivity contribution is 8.18. The minimum Gasteiger partial charge on any atom is -0.493 e. The molecule has 0 atom stereocenters. The van der Waals surface area contributed by atoms with Gasteiger partial charge in [0.2, 0.25) is 0 Å². The number of nitrogens with zero attached hydrogens (tertiary/aromatic N) is 1. The molecule has 0 radical (unpaired) electrons. The van der Waals surface area contributed by atoms with E-state index in [9.17, 15) is 14.4 Å². The standard InChI is InChI=1S/C27H23NO6S/c1-18-7-6-8-20(15-18)26(30)34-22-12-11-19(16-23(22)32-2)17-24-25(29)28(27(31)35-24)13-14-33-21-9-4-3-5-10-21/h3-12,15-17H,13-14H2,1-2H3/b24-17-. The molecule has 0 N–H and O–H groups in total. The van der Waals surface area contributed by atoms with Crippen LogP contribution in [0, 0.1) is 6.92 Å². The van der Waals surface area contributed by atoms with Crippen LogP contribution in [-0.2, 0) is 4.79 Å². The second-order valence-electron chi connectivity index (χ2n) is 7.66. The SMILES string of the molecule is COc1cc(/C=C2\SC(=O)N(CCOc3ccccc3)C2=O)ccc1OC(=O)c1cccc(C)c1. The zero-order valence-corrected chi connectivity index (χ0v) is 20.0. The van der Waals surface area contributed by atoms with E-state index in [0.717, 1.165) is 22.2 Å². The van der Waals surface area contributed by atoms with E-state index in [1.165, 1.54) is 7.11 Å². The molecule has 0 aliphatic carbocycles. The van der Waals surface area contributed by atoms with Crippen LogP contribution < -0.4 is 14.2 Å². The number of imide groups is 1. The summed E-state index contributed by atoms with van der Waals surface area (Å²) in [6.07, 6.45) is 1.61. The average Bonchev–Trinajstić information content (AvgIpc) is 3.12. The first-order valence-electron chi connectivity index (χ1n) is 10.8. The van der Waals surface area contributed by atoms with E-state index in [0.29, 0.717) is 27.5 Å². The Bertz CT molecular complexity index is 1290. The lowest BCUT2D eigenvalue weighted by Crippen LogP contribution is -2.32. The number of ether oxygens (including phenoxy) is 3. The van der Waals surface area contributed by atoms with Crippen molar-refractivity contribution in [3.63, 3.8) is 0 Å². The first-order chi connectivity index (χ1) is 16.9. The molecule has 1 aliphatic rings. The van der Waals surface area contributed by atoms with E-state index in [1.807, 2.05) is 43.3 Å². The van der Waals surface area contributed by atoms with Crippen molar-refractivity contribution in [1.82, 2.24) is 4.90 Å². The molecule has 0 unspecified atom stereocenters. The number of para-hydroxylation sites is 1. The lowest BCUT2D eigenvalue weighted by molar-refractivity contribution is -0.123. The van der Waals surface area contributed by atoms with Crippen LogP contribution in [0.1, 0.15) is 21.5 Å². The highest BCUT2D eigenvalue weighted by Crippen LogP contribution is 2.34. The Morgan fingerprint density at radius 3 is 2.51 bits per heavy atom. The smallest absolute Gasteiger partial charge is 0.343 e. The Hall–Kier alpha value is -4.04. The zero-order chi connectivity index (χ0) is 24.8. The van der Waals surface area contributed by atoms with Gasteiger partial charge in [-0.2, -0.15) is 0 Å². The van der Waals surface area contributed by atoms with Crippen molar-refractivity contribution < 1.29 is 28.6 Å². The fourth-order valence-electron chi connectivity index (χ4n) is 3.40. The summed E-state index contributed by atoms with van der Waals surface area (Å²) in [6, 6.07) is 21.2. The summed E-state index contributed by atoms with van der Waals surface area (Å²) in [5, 5.41) is -0.353. The zero-order valence-electron chi connectivity index (χ0n) is 19.2. The van der Waals surface area contributed by atoms with Gasteiger partial charge in [-0.05, 0) is 66.7 Å². The fraction of sp³-hybridized carbons (Fsp3) is 0.148. The van der Waals surface area contributed by atoms with Crippen LogP contribution in [0.2, 0.25) is 0 Å². The van der Waals surface area contributed by atoms with Crippen molar-refractivity contribution in [2.24, 2.45) is 0 Å². The third-order valence-corrected chi connectivity index (χ3v) is 6.05.